The average Bonchev–Trinajstić information content (AvgIpc) is 3.22. The number of aromatic nitrogens is 3. The quantitative estimate of drug-likeness (QED) is 0.500. The van der Waals surface area contributed by atoms with Crippen molar-refractivity contribution in [3.05, 3.63) is 84.8 Å². The lowest BCUT2D eigenvalue weighted by Gasteiger charge is -2.29. The number of anilines is 1. The summed E-state index contributed by atoms with van der Waals surface area (Å²) < 4.78 is 1.89. The van der Waals surface area contributed by atoms with Crippen molar-refractivity contribution in [2.24, 2.45) is 0 Å². The molecule has 6 heteroatoms. The standard InChI is InChI=1S/C24H25N5O/c1-3-28(4-2)22(19-9-6-5-7-10-19)23(30)26-20-13-11-18(12-14-20)21-17-29-16-8-15-25-24(29)27-21/h5-17,22H,3-4H2,1-2H3,(H,26,30). The Morgan fingerprint density at radius 2 is 1.77 bits per heavy atom. The van der Waals surface area contributed by atoms with Crippen molar-refractivity contribution in [3.8, 4) is 11.3 Å². The first-order valence-electron chi connectivity index (χ1n) is 10.2. The van der Waals surface area contributed by atoms with Gasteiger partial charge in [-0.3, -0.25) is 14.1 Å². The summed E-state index contributed by atoms with van der Waals surface area (Å²) in [5.74, 6) is 0.629. The van der Waals surface area contributed by atoms with Crippen molar-refractivity contribution in [1.29, 1.82) is 0 Å². The summed E-state index contributed by atoms with van der Waals surface area (Å²) in [6.07, 6.45) is 5.59. The molecule has 1 unspecified atom stereocenters. The lowest BCUT2D eigenvalue weighted by Crippen LogP contribution is -2.37. The van der Waals surface area contributed by atoms with Gasteiger partial charge in [-0.05, 0) is 36.9 Å². The van der Waals surface area contributed by atoms with Gasteiger partial charge in [0, 0.05) is 29.8 Å². The number of hydrogen-bond acceptors (Lipinski definition) is 4. The highest BCUT2D eigenvalue weighted by Gasteiger charge is 2.25. The van der Waals surface area contributed by atoms with Gasteiger partial charge in [-0.2, -0.15) is 0 Å². The van der Waals surface area contributed by atoms with Crippen LogP contribution in [0.15, 0.2) is 79.3 Å². The number of likely N-dealkylation sites (N-methyl/N-ethyl adjacent to an activating group) is 1. The van der Waals surface area contributed by atoms with Gasteiger partial charge in [-0.25, -0.2) is 9.97 Å². The van der Waals surface area contributed by atoms with E-state index in [4.69, 9.17) is 0 Å². The minimum absolute atomic E-state index is 0.0328. The lowest BCUT2D eigenvalue weighted by molar-refractivity contribution is -0.121. The van der Waals surface area contributed by atoms with Crippen LogP contribution < -0.4 is 5.32 Å². The van der Waals surface area contributed by atoms with Gasteiger partial charge in [0.15, 0.2) is 0 Å². The molecule has 0 saturated carbocycles. The molecule has 0 aliphatic heterocycles. The van der Waals surface area contributed by atoms with E-state index in [9.17, 15) is 4.79 Å². The molecule has 0 fully saturated rings. The van der Waals surface area contributed by atoms with Gasteiger partial charge in [0.2, 0.25) is 11.7 Å². The molecule has 2 aromatic carbocycles. The molecule has 0 radical (unpaired) electrons. The molecule has 0 bridgehead atoms. The van der Waals surface area contributed by atoms with Gasteiger partial charge in [0.1, 0.15) is 6.04 Å². The first-order chi connectivity index (χ1) is 14.7. The molecule has 1 atom stereocenters. The molecular formula is C24H25N5O. The Bertz CT molecular complexity index is 1080. The number of hydrogen-bond donors (Lipinski definition) is 1. The van der Waals surface area contributed by atoms with Gasteiger partial charge in [0.25, 0.3) is 0 Å². The third-order valence-electron chi connectivity index (χ3n) is 5.22. The SMILES string of the molecule is CCN(CC)C(C(=O)Nc1ccc(-c2cn3cccnc3n2)cc1)c1ccccc1. The zero-order chi connectivity index (χ0) is 20.9. The van der Waals surface area contributed by atoms with E-state index in [1.165, 1.54) is 0 Å². The van der Waals surface area contributed by atoms with Gasteiger partial charge in [-0.15, -0.1) is 0 Å². The van der Waals surface area contributed by atoms with Gasteiger partial charge < -0.3 is 5.32 Å². The highest BCUT2D eigenvalue weighted by Crippen LogP contribution is 2.24. The molecule has 2 heterocycles. The Kier molecular flexibility index (Phi) is 5.86. The van der Waals surface area contributed by atoms with Gasteiger partial charge >= 0.3 is 0 Å². The maximum absolute atomic E-state index is 13.2. The largest absolute Gasteiger partial charge is 0.324 e. The molecule has 0 aliphatic carbocycles. The number of benzene rings is 2. The molecule has 0 spiro atoms. The predicted molar refractivity (Wildman–Crippen MR) is 119 cm³/mol. The van der Waals surface area contributed by atoms with E-state index in [0.717, 1.165) is 35.6 Å². The fourth-order valence-corrected chi connectivity index (χ4v) is 3.66. The average molecular weight is 399 g/mol. The van der Waals surface area contributed by atoms with Crippen LogP contribution in [0.3, 0.4) is 0 Å². The second-order valence-corrected chi connectivity index (χ2v) is 7.05. The molecule has 0 saturated heterocycles. The molecule has 152 valence electrons. The van der Waals surface area contributed by atoms with Crippen molar-refractivity contribution >= 4 is 17.4 Å². The first kappa shape index (κ1) is 19.8. The van der Waals surface area contributed by atoms with E-state index < -0.39 is 0 Å². The highest BCUT2D eigenvalue weighted by molar-refractivity contribution is 5.95. The van der Waals surface area contributed by atoms with Gasteiger partial charge in [-0.1, -0.05) is 56.3 Å². The van der Waals surface area contributed by atoms with Crippen molar-refractivity contribution in [2.75, 3.05) is 18.4 Å². The van der Waals surface area contributed by atoms with E-state index in [-0.39, 0.29) is 11.9 Å². The Morgan fingerprint density at radius 1 is 1.03 bits per heavy atom. The van der Waals surface area contributed by atoms with Crippen LogP contribution in [0.5, 0.6) is 0 Å². The number of imidazole rings is 1. The van der Waals surface area contributed by atoms with E-state index in [1.54, 1.807) is 6.20 Å². The van der Waals surface area contributed by atoms with Crippen LogP contribution >= 0.6 is 0 Å². The molecular weight excluding hydrogens is 374 g/mol. The normalized spacial score (nSPS) is 12.2. The molecule has 1 amide bonds. The molecule has 4 aromatic rings. The zero-order valence-electron chi connectivity index (χ0n) is 17.2. The fourth-order valence-electron chi connectivity index (χ4n) is 3.66. The molecule has 0 aliphatic rings. The monoisotopic (exact) mass is 399 g/mol. The third kappa shape index (κ3) is 4.09. The first-order valence-corrected chi connectivity index (χ1v) is 10.2. The zero-order valence-corrected chi connectivity index (χ0v) is 17.2. The summed E-state index contributed by atoms with van der Waals surface area (Å²) in [5.41, 5.74) is 3.57. The van der Waals surface area contributed by atoms with Crippen molar-refractivity contribution in [3.63, 3.8) is 0 Å². The van der Waals surface area contributed by atoms with E-state index in [1.807, 2.05) is 77.5 Å². The Labute approximate surface area is 176 Å². The summed E-state index contributed by atoms with van der Waals surface area (Å²) >= 11 is 0. The maximum atomic E-state index is 13.2. The number of fused-ring (bicyclic) bond motifs is 1. The molecule has 1 N–H and O–H groups in total. The summed E-state index contributed by atoms with van der Waals surface area (Å²) in [6, 6.07) is 19.2. The minimum Gasteiger partial charge on any atom is -0.324 e. The van der Waals surface area contributed by atoms with Crippen LogP contribution in [0.2, 0.25) is 0 Å². The number of carbonyl (C=O) groups is 1. The number of carbonyl (C=O) groups excluding carboxylic acids is 1. The molecule has 30 heavy (non-hydrogen) atoms. The van der Waals surface area contributed by atoms with Crippen LogP contribution in [0.25, 0.3) is 17.0 Å². The topological polar surface area (TPSA) is 62.5 Å². The second kappa shape index (κ2) is 8.88. The van der Waals surface area contributed by atoms with Crippen LogP contribution in [0.1, 0.15) is 25.5 Å². The van der Waals surface area contributed by atoms with Crippen LogP contribution in [0.4, 0.5) is 5.69 Å². The molecule has 4 rings (SSSR count). The summed E-state index contributed by atoms with van der Waals surface area (Å²) in [7, 11) is 0. The van der Waals surface area contributed by atoms with E-state index in [2.05, 4.69) is 34.0 Å². The highest BCUT2D eigenvalue weighted by atomic mass is 16.2. The van der Waals surface area contributed by atoms with Crippen molar-refractivity contribution in [1.82, 2.24) is 19.3 Å². The maximum Gasteiger partial charge on any atom is 0.246 e. The van der Waals surface area contributed by atoms with Crippen LogP contribution in [-0.2, 0) is 4.79 Å². The number of amides is 1. The van der Waals surface area contributed by atoms with Crippen LogP contribution in [0, 0.1) is 0 Å². The van der Waals surface area contributed by atoms with Crippen LogP contribution in [-0.4, -0.2) is 38.3 Å². The smallest absolute Gasteiger partial charge is 0.246 e. The summed E-state index contributed by atoms with van der Waals surface area (Å²) in [6.45, 7) is 5.74. The number of rotatable bonds is 7. The van der Waals surface area contributed by atoms with Gasteiger partial charge in [0.05, 0.1) is 5.69 Å². The Balaban J connectivity index is 1.54. The van der Waals surface area contributed by atoms with Crippen molar-refractivity contribution < 1.29 is 4.79 Å². The molecule has 2 aromatic heterocycles. The third-order valence-corrected chi connectivity index (χ3v) is 5.22. The second-order valence-electron chi connectivity index (χ2n) is 7.05. The minimum atomic E-state index is -0.328. The number of nitrogens with one attached hydrogen (secondary N) is 1. The Morgan fingerprint density at radius 3 is 2.43 bits per heavy atom. The van der Waals surface area contributed by atoms with Crippen molar-refractivity contribution in [2.45, 2.75) is 19.9 Å². The summed E-state index contributed by atoms with van der Waals surface area (Å²) in [4.78, 5) is 24.1. The number of nitrogens with zero attached hydrogens (tertiary/aromatic N) is 4. The van der Waals surface area contributed by atoms with E-state index in [0.29, 0.717) is 5.78 Å². The molecule has 6 nitrogen and oxygen atoms in total. The lowest BCUT2D eigenvalue weighted by atomic mass is 10.0. The fraction of sp³-hybridized carbons (Fsp3) is 0.208. The Hall–Kier alpha value is -3.51. The predicted octanol–water partition coefficient (Wildman–Crippen LogP) is 4.42. The van der Waals surface area contributed by atoms with E-state index >= 15 is 0 Å². The summed E-state index contributed by atoms with van der Waals surface area (Å²) in [5, 5.41) is 3.08.